The van der Waals surface area contributed by atoms with E-state index in [1.165, 1.54) is 12.1 Å². The molecule has 1 aliphatic rings. The van der Waals surface area contributed by atoms with Gasteiger partial charge in [-0.25, -0.2) is 0 Å². The Balaban J connectivity index is 1.91. The number of halogens is 3. The molecule has 0 radical (unpaired) electrons. The van der Waals surface area contributed by atoms with Crippen molar-refractivity contribution in [1.82, 2.24) is 10.6 Å². The van der Waals surface area contributed by atoms with Crippen molar-refractivity contribution < 1.29 is 22.6 Å². The fraction of sp³-hybridized carbons (Fsp3) is 0.562. The van der Waals surface area contributed by atoms with E-state index in [0.717, 1.165) is 19.4 Å². The molecular formula is C16H22F3N3O2. The molecular weight excluding hydrogens is 323 g/mol. The molecule has 1 aromatic rings. The number of alkyl halides is 3. The summed E-state index contributed by atoms with van der Waals surface area (Å²) in [6, 6.07) is 6.01. The summed E-state index contributed by atoms with van der Waals surface area (Å²) >= 11 is 0. The largest absolute Gasteiger partial charge is 0.573 e. The summed E-state index contributed by atoms with van der Waals surface area (Å²) in [5.41, 5.74) is 0.149. The van der Waals surface area contributed by atoms with Gasteiger partial charge in [-0.2, -0.15) is 0 Å². The average molecular weight is 345 g/mol. The second-order valence-corrected chi connectivity index (χ2v) is 5.84. The first-order valence-electron chi connectivity index (χ1n) is 7.73. The van der Waals surface area contributed by atoms with Crippen LogP contribution in [0.3, 0.4) is 0 Å². The second-order valence-electron chi connectivity index (χ2n) is 5.84. The molecule has 1 aromatic carbocycles. The van der Waals surface area contributed by atoms with Gasteiger partial charge in [0, 0.05) is 32.3 Å². The maximum absolute atomic E-state index is 12.4. The van der Waals surface area contributed by atoms with Crippen LogP contribution in [-0.2, 0) is 11.3 Å². The van der Waals surface area contributed by atoms with Crippen LogP contribution in [-0.4, -0.2) is 38.1 Å². The van der Waals surface area contributed by atoms with E-state index >= 15 is 0 Å². The SMILES string of the molecule is CN=C(NCc1ccccc1OC(F)(F)F)NCC1(C)CCCO1. The van der Waals surface area contributed by atoms with Crippen LogP contribution in [0, 0.1) is 0 Å². The van der Waals surface area contributed by atoms with Gasteiger partial charge in [-0.05, 0) is 25.8 Å². The van der Waals surface area contributed by atoms with Gasteiger partial charge in [-0.1, -0.05) is 18.2 Å². The van der Waals surface area contributed by atoms with Gasteiger partial charge in [0.2, 0.25) is 0 Å². The number of aliphatic imine (C=N–C) groups is 1. The van der Waals surface area contributed by atoms with Gasteiger partial charge in [0.05, 0.1) is 5.60 Å². The van der Waals surface area contributed by atoms with Gasteiger partial charge in [0.15, 0.2) is 5.96 Å². The summed E-state index contributed by atoms with van der Waals surface area (Å²) in [4.78, 5) is 4.08. The third-order valence-electron chi connectivity index (χ3n) is 3.80. The lowest BCUT2D eigenvalue weighted by Gasteiger charge is -2.24. The van der Waals surface area contributed by atoms with E-state index in [2.05, 4.69) is 20.4 Å². The maximum atomic E-state index is 12.4. The fourth-order valence-corrected chi connectivity index (χ4v) is 2.52. The zero-order valence-electron chi connectivity index (χ0n) is 13.7. The Morgan fingerprint density at radius 3 is 2.71 bits per heavy atom. The number of benzene rings is 1. The molecule has 0 bridgehead atoms. The molecule has 24 heavy (non-hydrogen) atoms. The Morgan fingerprint density at radius 1 is 1.33 bits per heavy atom. The standard InChI is InChI=1S/C16H22F3N3O2/c1-15(8-5-9-23-15)11-22-14(20-2)21-10-12-6-3-4-7-13(12)24-16(17,18)19/h3-4,6-7H,5,8-11H2,1-2H3,(H2,20,21,22). The summed E-state index contributed by atoms with van der Waals surface area (Å²) < 4.78 is 47.0. The molecule has 0 aliphatic carbocycles. The first kappa shape index (κ1) is 18.4. The molecule has 2 N–H and O–H groups in total. The van der Waals surface area contributed by atoms with E-state index in [4.69, 9.17) is 4.74 Å². The molecule has 134 valence electrons. The number of ether oxygens (including phenoxy) is 2. The minimum atomic E-state index is -4.72. The predicted molar refractivity (Wildman–Crippen MR) is 84.9 cm³/mol. The van der Waals surface area contributed by atoms with Crippen molar-refractivity contribution >= 4 is 5.96 Å². The normalized spacial score (nSPS) is 21.6. The molecule has 1 heterocycles. The van der Waals surface area contributed by atoms with Crippen LogP contribution < -0.4 is 15.4 Å². The Labute approximate surface area is 139 Å². The van der Waals surface area contributed by atoms with Crippen molar-refractivity contribution in [3.05, 3.63) is 29.8 Å². The molecule has 1 fully saturated rings. The molecule has 8 heteroatoms. The van der Waals surface area contributed by atoms with Crippen molar-refractivity contribution in [2.75, 3.05) is 20.2 Å². The highest BCUT2D eigenvalue weighted by molar-refractivity contribution is 5.79. The Hall–Kier alpha value is -1.96. The lowest BCUT2D eigenvalue weighted by molar-refractivity contribution is -0.274. The van der Waals surface area contributed by atoms with Crippen molar-refractivity contribution in [3.8, 4) is 5.75 Å². The third kappa shape index (κ3) is 5.59. The smallest absolute Gasteiger partial charge is 0.405 e. The zero-order chi connectivity index (χ0) is 17.6. The van der Waals surface area contributed by atoms with Gasteiger partial charge < -0.3 is 20.1 Å². The van der Waals surface area contributed by atoms with Gasteiger partial charge in [0.25, 0.3) is 0 Å². The number of para-hydroxylation sites is 1. The minimum Gasteiger partial charge on any atom is -0.405 e. The molecule has 1 atom stereocenters. The Bertz CT molecular complexity index is 570. The lowest BCUT2D eigenvalue weighted by atomic mass is 10.0. The van der Waals surface area contributed by atoms with E-state index in [1.54, 1.807) is 19.2 Å². The molecule has 1 saturated heterocycles. The highest BCUT2D eigenvalue weighted by atomic mass is 19.4. The van der Waals surface area contributed by atoms with Gasteiger partial charge in [-0.3, -0.25) is 4.99 Å². The van der Waals surface area contributed by atoms with Crippen LogP contribution in [0.4, 0.5) is 13.2 Å². The minimum absolute atomic E-state index is 0.156. The molecule has 1 aliphatic heterocycles. The lowest BCUT2D eigenvalue weighted by Crippen LogP contribution is -2.45. The van der Waals surface area contributed by atoms with Crippen molar-refractivity contribution in [2.45, 2.75) is 38.3 Å². The molecule has 0 saturated carbocycles. The molecule has 0 spiro atoms. The van der Waals surface area contributed by atoms with Crippen molar-refractivity contribution in [2.24, 2.45) is 4.99 Å². The predicted octanol–water partition coefficient (Wildman–Crippen LogP) is 2.82. The third-order valence-corrected chi connectivity index (χ3v) is 3.80. The molecule has 2 rings (SSSR count). The monoisotopic (exact) mass is 345 g/mol. The topological polar surface area (TPSA) is 54.9 Å². The van der Waals surface area contributed by atoms with Crippen LogP contribution in [0.5, 0.6) is 5.75 Å². The van der Waals surface area contributed by atoms with E-state index in [0.29, 0.717) is 18.1 Å². The van der Waals surface area contributed by atoms with Crippen LogP contribution >= 0.6 is 0 Å². The number of hydrogen-bond acceptors (Lipinski definition) is 3. The zero-order valence-corrected chi connectivity index (χ0v) is 13.7. The highest BCUT2D eigenvalue weighted by Crippen LogP contribution is 2.26. The Morgan fingerprint density at radius 2 is 2.08 bits per heavy atom. The molecule has 1 unspecified atom stereocenters. The van der Waals surface area contributed by atoms with Crippen molar-refractivity contribution in [3.63, 3.8) is 0 Å². The van der Waals surface area contributed by atoms with E-state index in [9.17, 15) is 13.2 Å². The van der Waals surface area contributed by atoms with E-state index < -0.39 is 6.36 Å². The second kappa shape index (κ2) is 7.74. The maximum Gasteiger partial charge on any atom is 0.573 e. The van der Waals surface area contributed by atoms with E-state index in [-0.39, 0.29) is 17.9 Å². The molecule has 0 amide bonds. The van der Waals surface area contributed by atoms with Crippen LogP contribution in [0.1, 0.15) is 25.3 Å². The van der Waals surface area contributed by atoms with Crippen LogP contribution in [0.2, 0.25) is 0 Å². The molecule has 0 aromatic heterocycles. The molecule has 5 nitrogen and oxygen atoms in total. The summed E-state index contributed by atoms with van der Waals surface area (Å²) in [6.45, 7) is 3.50. The van der Waals surface area contributed by atoms with Gasteiger partial charge in [-0.15, -0.1) is 13.2 Å². The quantitative estimate of drug-likeness (QED) is 0.636. The number of nitrogens with zero attached hydrogens (tertiary/aromatic N) is 1. The number of guanidine groups is 1. The van der Waals surface area contributed by atoms with Gasteiger partial charge >= 0.3 is 6.36 Å². The number of hydrogen-bond donors (Lipinski definition) is 2. The van der Waals surface area contributed by atoms with Crippen LogP contribution in [0.25, 0.3) is 0 Å². The number of nitrogens with one attached hydrogen (secondary N) is 2. The number of rotatable bonds is 5. The van der Waals surface area contributed by atoms with Crippen LogP contribution in [0.15, 0.2) is 29.3 Å². The summed E-state index contributed by atoms with van der Waals surface area (Å²) in [6.07, 6.45) is -2.74. The Kier molecular flexibility index (Phi) is 5.93. The summed E-state index contributed by atoms with van der Waals surface area (Å²) in [5, 5.41) is 6.13. The van der Waals surface area contributed by atoms with E-state index in [1.807, 2.05) is 6.92 Å². The fourth-order valence-electron chi connectivity index (χ4n) is 2.52. The van der Waals surface area contributed by atoms with Crippen molar-refractivity contribution in [1.29, 1.82) is 0 Å². The first-order chi connectivity index (χ1) is 11.3. The summed E-state index contributed by atoms with van der Waals surface area (Å²) in [5.74, 6) is 0.271. The highest BCUT2D eigenvalue weighted by Gasteiger charge is 2.32. The first-order valence-corrected chi connectivity index (χ1v) is 7.73. The van der Waals surface area contributed by atoms with Gasteiger partial charge in [0.1, 0.15) is 5.75 Å². The average Bonchev–Trinajstić information content (AvgIpc) is 2.94. The summed E-state index contributed by atoms with van der Waals surface area (Å²) in [7, 11) is 1.60.